The topological polar surface area (TPSA) is 70.8 Å². The van der Waals surface area contributed by atoms with E-state index in [0.29, 0.717) is 12.8 Å². The molecule has 24 heavy (non-hydrogen) atoms. The van der Waals surface area contributed by atoms with E-state index in [9.17, 15) is 9.18 Å². The first-order chi connectivity index (χ1) is 11.5. The van der Waals surface area contributed by atoms with Gasteiger partial charge < -0.3 is 19.9 Å². The van der Waals surface area contributed by atoms with Gasteiger partial charge in [0.25, 0.3) is 0 Å². The third-order valence-corrected chi connectivity index (χ3v) is 3.84. The summed E-state index contributed by atoms with van der Waals surface area (Å²) in [6, 6.07) is 3.87. The van der Waals surface area contributed by atoms with E-state index in [-0.39, 0.29) is 12.8 Å². The maximum Gasteiger partial charge on any atom is 0.404 e. The molecule has 1 unspecified atom stereocenters. The second-order valence-electron chi connectivity index (χ2n) is 5.78. The van der Waals surface area contributed by atoms with Crippen molar-refractivity contribution in [1.29, 1.82) is 0 Å². The SMILES string of the molecule is COc1cc(CC(C)OC(N)=O)c(OC)cc1CCCCCCF. The van der Waals surface area contributed by atoms with E-state index in [1.54, 1.807) is 21.1 Å². The molecule has 2 N–H and O–H groups in total. The Hall–Kier alpha value is -1.98. The van der Waals surface area contributed by atoms with Crippen molar-refractivity contribution in [1.82, 2.24) is 0 Å². The average Bonchev–Trinajstić information content (AvgIpc) is 2.54. The molecule has 5 nitrogen and oxygen atoms in total. The van der Waals surface area contributed by atoms with Crippen molar-refractivity contribution in [3.63, 3.8) is 0 Å². The van der Waals surface area contributed by atoms with Gasteiger partial charge in [-0.3, -0.25) is 4.39 Å². The maximum absolute atomic E-state index is 12.1. The van der Waals surface area contributed by atoms with Crippen molar-refractivity contribution in [3.05, 3.63) is 23.3 Å². The molecule has 0 radical (unpaired) electrons. The molecular weight excluding hydrogens is 313 g/mol. The van der Waals surface area contributed by atoms with Crippen molar-refractivity contribution in [2.75, 3.05) is 20.9 Å². The zero-order chi connectivity index (χ0) is 17.9. The van der Waals surface area contributed by atoms with Gasteiger partial charge in [-0.2, -0.15) is 0 Å². The minimum Gasteiger partial charge on any atom is -0.496 e. The van der Waals surface area contributed by atoms with Gasteiger partial charge in [0, 0.05) is 12.0 Å². The summed E-state index contributed by atoms with van der Waals surface area (Å²) in [5.41, 5.74) is 7.00. The zero-order valence-electron chi connectivity index (χ0n) is 14.8. The van der Waals surface area contributed by atoms with Gasteiger partial charge in [0.05, 0.1) is 20.9 Å². The number of unbranched alkanes of at least 4 members (excludes halogenated alkanes) is 3. The van der Waals surface area contributed by atoms with Crippen molar-refractivity contribution in [3.8, 4) is 11.5 Å². The summed E-state index contributed by atoms with van der Waals surface area (Å²) in [5, 5.41) is 0. The van der Waals surface area contributed by atoms with Crippen molar-refractivity contribution >= 4 is 6.09 Å². The molecule has 136 valence electrons. The van der Waals surface area contributed by atoms with Gasteiger partial charge in [-0.1, -0.05) is 12.8 Å². The molecule has 0 aromatic heterocycles. The molecule has 0 aliphatic rings. The Labute approximate surface area is 143 Å². The number of hydrogen-bond acceptors (Lipinski definition) is 4. The van der Waals surface area contributed by atoms with Crippen LogP contribution in [0.4, 0.5) is 9.18 Å². The molecule has 0 aliphatic carbocycles. The fourth-order valence-electron chi connectivity index (χ4n) is 2.69. The van der Waals surface area contributed by atoms with Crippen LogP contribution in [0, 0.1) is 0 Å². The number of primary amides is 1. The van der Waals surface area contributed by atoms with Crippen LogP contribution in [0.5, 0.6) is 11.5 Å². The number of benzene rings is 1. The number of nitrogens with two attached hydrogens (primary N) is 1. The van der Waals surface area contributed by atoms with Crippen LogP contribution in [0.15, 0.2) is 12.1 Å². The monoisotopic (exact) mass is 341 g/mol. The second-order valence-corrected chi connectivity index (χ2v) is 5.78. The highest BCUT2D eigenvalue weighted by atomic mass is 19.1. The predicted octanol–water partition coefficient (Wildman–Crippen LogP) is 3.80. The quantitative estimate of drug-likeness (QED) is 0.621. The van der Waals surface area contributed by atoms with Gasteiger partial charge in [0.2, 0.25) is 0 Å². The normalized spacial score (nSPS) is 11.8. The Balaban J connectivity index is 2.82. The first-order valence-electron chi connectivity index (χ1n) is 8.27. The molecule has 1 atom stereocenters. The summed E-state index contributed by atoms with van der Waals surface area (Å²) in [6.07, 6.45) is 3.66. The van der Waals surface area contributed by atoms with E-state index in [0.717, 1.165) is 48.3 Å². The van der Waals surface area contributed by atoms with Gasteiger partial charge in [-0.05, 0) is 43.9 Å². The van der Waals surface area contributed by atoms with Crippen LogP contribution in [-0.4, -0.2) is 33.1 Å². The number of alkyl halides is 1. The molecule has 0 heterocycles. The number of hydrogen-bond donors (Lipinski definition) is 1. The van der Waals surface area contributed by atoms with Gasteiger partial charge in [-0.15, -0.1) is 0 Å². The van der Waals surface area contributed by atoms with E-state index in [1.165, 1.54) is 0 Å². The number of methoxy groups -OCH3 is 2. The summed E-state index contributed by atoms with van der Waals surface area (Å²) < 4.78 is 28.0. The summed E-state index contributed by atoms with van der Waals surface area (Å²) in [4.78, 5) is 10.8. The maximum atomic E-state index is 12.1. The predicted molar refractivity (Wildman–Crippen MR) is 91.5 cm³/mol. The van der Waals surface area contributed by atoms with E-state index in [2.05, 4.69) is 0 Å². The minimum atomic E-state index is -0.793. The van der Waals surface area contributed by atoms with Gasteiger partial charge >= 0.3 is 6.09 Å². The van der Waals surface area contributed by atoms with Gasteiger partial charge in [0.1, 0.15) is 17.6 Å². The lowest BCUT2D eigenvalue weighted by molar-refractivity contribution is 0.116. The third kappa shape index (κ3) is 6.64. The lowest BCUT2D eigenvalue weighted by atomic mass is 10.00. The van der Waals surface area contributed by atoms with Crippen LogP contribution < -0.4 is 15.2 Å². The largest absolute Gasteiger partial charge is 0.496 e. The molecule has 0 aliphatic heterocycles. The summed E-state index contributed by atoms with van der Waals surface area (Å²) in [7, 11) is 3.23. The first kappa shape index (κ1) is 20.1. The number of carbonyl (C=O) groups is 1. The number of aryl methyl sites for hydroxylation is 1. The van der Waals surface area contributed by atoms with Crippen LogP contribution in [0.1, 0.15) is 43.7 Å². The molecule has 0 spiro atoms. The van der Waals surface area contributed by atoms with Gasteiger partial charge in [-0.25, -0.2) is 4.79 Å². The van der Waals surface area contributed by atoms with Crippen LogP contribution >= 0.6 is 0 Å². The fourth-order valence-corrected chi connectivity index (χ4v) is 2.69. The molecule has 0 saturated carbocycles. The molecule has 0 fully saturated rings. The highest BCUT2D eigenvalue weighted by molar-refractivity contribution is 5.64. The number of halogens is 1. The highest BCUT2D eigenvalue weighted by Crippen LogP contribution is 2.31. The molecular formula is C18H28FNO4. The standard InChI is InChI=1S/C18H28FNO4/c1-13(24-18(20)21)10-15-12-16(22-2)14(11-17(15)23-3)8-6-4-5-7-9-19/h11-13H,4-10H2,1-3H3,(H2,20,21). The third-order valence-electron chi connectivity index (χ3n) is 3.84. The Morgan fingerprint density at radius 2 is 1.67 bits per heavy atom. The zero-order valence-corrected chi connectivity index (χ0v) is 14.8. The Kier molecular flexibility index (Phi) is 8.97. The van der Waals surface area contributed by atoms with Crippen molar-refractivity contribution < 1.29 is 23.4 Å². The molecule has 0 saturated heterocycles. The Morgan fingerprint density at radius 1 is 1.08 bits per heavy atom. The van der Waals surface area contributed by atoms with Crippen molar-refractivity contribution in [2.45, 2.75) is 51.6 Å². The Bertz CT molecular complexity index is 522. The summed E-state index contributed by atoms with van der Waals surface area (Å²) in [5.74, 6) is 1.51. The fraction of sp³-hybridized carbons (Fsp3) is 0.611. The second kappa shape index (κ2) is 10.7. The van der Waals surface area contributed by atoms with Crippen LogP contribution in [-0.2, 0) is 17.6 Å². The van der Waals surface area contributed by atoms with Crippen molar-refractivity contribution in [2.24, 2.45) is 5.73 Å². The van der Waals surface area contributed by atoms with E-state index >= 15 is 0 Å². The van der Waals surface area contributed by atoms with Crippen LogP contribution in [0.3, 0.4) is 0 Å². The lowest BCUT2D eigenvalue weighted by Gasteiger charge is -2.17. The number of rotatable bonds is 11. The Morgan fingerprint density at radius 3 is 2.25 bits per heavy atom. The van der Waals surface area contributed by atoms with E-state index < -0.39 is 6.09 Å². The van der Waals surface area contributed by atoms with Crippen LogP contribution in [0.25, 0.3) is 0 Å². The first-order valence-corrected chi connectivity index (χ1v) is 8.27. The lowest BCUT2D eigenvalue weighted by Crippen LogP contribution is -2.22. The van der Waals surface area contributed by atoms with E-state index in [1.807, 2.05) is 12.1 Å². The van der Waals surface area contributed by atoms with Crippen LogP contribution in [0.2, 0.25) is 0 Å². The molecule has 1 aromatic rings. The minimum absolute atomic E-state index is 0.253. The number of carbonyl (C=O) groups excluding carboxylic acids is 1. The molecule has 6 heteroatoms. The summed E-state index contributed by atoms with van der Waals surface area (Å²) >= 11 is 0. The smallest absolute Gasteiger partial charge is 0.404 e. The molecule has 1 amide bonds. The molecule has 0 bridgehead atoms. The highest BCUT2D eigenvalue weighted by Gasteiger charge is 2.15. The summed E-state index contributed by atoms with van der Waals surface area (Å²) in [6.45, 7) is 1.52. The van der Waals surface area contributed by atoms with E-state index in [4.69, 9.17) is 19.9 Å². The average molecular weight is 341 g/mol. The van der Waals surface area contributed by atoms with Gasteiger partial charge in [0.15, 0.2) is 0 Å². The molecule has 1 rings (SSSR count). The molecule has 1 aromatic carbocycles. The number of ether oxygens (including phenoxy) is 3. The number of amides is 1.